The number of aryl methyl sites for hydroxylation is 2. The van der Waals surface area contributed by atoms with Crippen LogP contribution >= 0.6 is 0 Å². The van der Waals surface area contributed by atoms with E-state index in [9.17, 15) is 9.59 Å². The van der Waals surface area contributed by atoms with Crippen LogP contribution in [-0.2, 0) is 11.2 Å². The lowest BCUT2D eigenvalue weighted by Gasteiger charge is -2.13. The van der Waals surface area contributed by atoms with Crippen LogP contribution in [0.3, 0.4) is 0 Å². The van der Waals surface area contributed by atoms with Crippen molar-refractivity contribution in [1.29, 1.82) is 0 Å². The van der Waals surface area contributed by atoms with Gasteiger partial charge in [0.15, 0.2) is 5.78 Å². The number of primary amides is 1. The van der Waals surface area contributed by atoms with Crippen LogP contribution in [0, 0.1) is 19.8 Å². The minimum Gasteiger partial charge on any atom is -0.491 e. The molecule has 2 N–H and O–H groups in total. The van der Waals surface area contributed by atoms with E-state index in [0.29, 0.717) is 18.4 Å². The Morgan fingerprint density at radius 3 is 2.05 bits per heavy atom. The topological polar surface area (TPSA) is 72.6 Å². The summed E-state index contributed by atoms with van der Waals surface area (Å²) >= 11 is 0. The molecule has 0 aliphatic carbocycles. The van der Waals surface area contributed by atoms with Crippen molar-refractivity contribution in [3.05, 3.63) is 65.2 Å². The first kappa shape index (κ1) is 31.9. The largest absolute Gasteiger partial charge is 0.491 e. The molecular formula is C32H46N2O3. The Morgan fingerprint density at radius 1 is 0.892 bits per heavy atom. The summed E-state index contributed by atoms with van der Waals surface area (Å²) in [7, 11) is 0. The Bertz CT molecular complexity index is 911. The molecule has 1 amide bonds. The first-order valence-electron chi connectivity index (χ1n) is 13.5. The van der Waals surface area contributed by atoms with Crippen LogP contribution in [-0.4, -0.2) is 42.3 Å². The number of Topliss-reactive ketones (excluding diaryl/α,β-unsaturated/α-hetero) is 1. The van der Waals surface area contributed by atoms with E-state index in [1.165, 1.54) is 56.4 Å². The summed E-state index contributed by atoms with van der Waals surface area (Å²) in [5, 5.41) is 0. The number of hydrogen-bond acceptors (Lipinski definition) is 4. The highest BCUT2D eigenvalue weighted by molar-refractivity contribution is 5.96. The number of unbranched alkanes of at least 4 members (excludes halogenated alkanes) is 2. The maximum absolute atomic E-state index is 11.9. The van der Waals surface area contributed by atoms with E-state index in [1.54, 1.807) is 12.1 Å². The third-order valence-corrected chi connectivity index (χ3v) is 6.13. The number of carbonyl (C=O) groups excluding carboxylic acids is 2. The maximum Gasteiger partial charge on any atom is 0.217 e. The molecule has 1 aliphatic heterocycles. The SMILES string of the molecule is C#C.CC(C)Oc1ccc(C(=O)CCCCCC(N)=O)cc1.Cc1ccc(CCCN2CCCC2)cc1. The summed E-state index contributed by atoms with van der Waals surface area (Å²) in [6.07, 6.45) is 16.8. The van der Waals surface area contributed by atoms with Crippen LogP contribution < -0.4 is 10.5 Å². The number of ether oxygens (including phenoxy) is 1. The number of hydrogen-bond donors (Lipinski definition) is 1. The molecule has 0 aromatic heterocycles. The van der Waals surface area contributed by atoms with Gasteiger partial charge in [0.1, 0.15) is 5.75 Å². The summed E-state index contributed by atoms with van der Waals surface area (Å²) in [5.41, 5.74) is 8.61. The van der Waals surface area contributed by atoms with E-state index < -0.39 is 0 Å². The zero-order valence-electron chi connectivity index (χ0n) is 23.1. The van der Waals surface area contributed by atoms with Crippen molar-refractivity contribution in [3.8, 4) is 18.6 Å². The second-order valence-corrected chi connectivity index (χ2v) is 9.78. The van der Waals surface area contributed by atoms with Crippen LogP contribution in [0.5, 0.6) is 5.75 Å². The smallest absolute Gasteiger partial charge is 0.217 e. The van der Waals surface area contributed by atoms with Gasteiger partial charge in [-0.1, -0.05) is 36.2 Å². The summed E-state index contributed by atoms with van der Waals surface area (Å²) in [5.74, 6) is 0.621. The molecule has 0 unspecified atom stereocenters. The van der Waals surface area contributed by atoms with Gasteiger partial charge in [-0.3, -0.25) is 9.59 Å². The lowest BCUT2D eigenvalue weighted by Crippen LogP contribution is -2.20. The Morgan fingerprint density at radius 2 is 1.49 bits per heavy atom. The second kappa shape index (κ2) is 19.1. The van der Waals surface area contributed by atoms with Gasteiger partial charge >= 0.3 is 0 Å². The average molecular weight is 507 g/mol. The zero-order chi connectivity index (χ0) is 27.5. The molecule has 5 heteroatoms. The quantitative estimate of drug-likeness (QED) is 0.195. The molecule has 2 aromatic carbocycles. The van der Waals surface area contributed by atoms with Crippen molar-refractivity contribution in [1.82, 2.24) is 4.90 Å². The van der Waals surface area contributed by atoms with Gasteiger partial charge in [0.2, 0.25) is 5.91 Å². The van der Waals surface area contributed by atoms with E-state index in [4.69, 9.17) is 10.5 Å². The number of nitrogens with zero attached hydrogens (tertiary/aromatic N) is 1. The fourth-order valence-corrected chi connectivity index (χ4v) is 4.17. The fourth-order valence-electron chi connectivity index (χ4n) is 4.17. The summed E-state index contributed by atoms with van der Waals surface area (Å²) < 4.78 is 5.53. The molecule has 1 heterocycles. The van der Waals surface area contributed by atoms with E-state index in [2.05, 4.69) is 48.9 Å². The average Bonchev–Trinajstić information content (AvgIpc) is 3.40. The van der Waals surface area contributed by atoms with Crippen LogP contribution in [0.15, 0.2) is 48.5 Å². The van der Waals surface area contributed by atoms with Gasteiger partial charge in [-0.2, -0.15) is 0 Å². The number of carbonyl (C=O) groups is 2. The normalized spacial score (nSPS) is 12.7. The summed E-state index contributed by atoms with van der Waals surface area (Å²) in [6, 6.07) is 16.2. The highest BCUT2D eigenvalue weighted by atomic mass is 16.5. The van der Waals surface area contributed by atoms with Gasteiger partial charge in [-0.15, -0.1) is 12.8 Å². The number of nitrogens with two attached hydrogens (primary N) is 1. The van der Waals surface area contributed by atoms with Gasteiger partial charge in [-0.05, 0) is 109 Å². The molecule has 1 aliphatic rings. The molecule has 202 valence electrons. The molecule has 1 saturated heterocycles. The van der Waals surface area contributed by atoms with E-state index in [1.807, 2.05) is 26.0 Å². The maximum atomic E-state index is 11.9. The van der Waals surface area contributed by atoms with Crippen LogP contribution in [0.4, 0.5) is 0 Å². The van der Waals surface area contributed by atoms with E-state index in [0.717, 1.165) is 25.0 Å². The first-order chi connectivity index (χ1) is 17.8. The van der Waals surface area contributed by atoms with Crippen LogP contribution in [0.2, 0.25) is 0 Å². The molecule has 0 spiro atoms. The van der Waals surface area contributed by atoms with Crippen molar-refractivity contribution in [2.45, 2.75) is 84.7 Å². The van der Waals surface area contributed by atoms with E-state index in [-0.39, 0.29) is 17.8 Å². The lowest BCUT2D eigenvalue weighted by atomic mass is 10.0. The van der Waals surface area contributed by atoms with Crippen molar-refractivity contribution in [3.63, 3.8) is 0 Å². The highest BCUT2D eigenvalue weighted by Crippen LogP contribution is 2.16. The molecule has 3 rings (SSSR count). The van der Waals surface area contributed by atoms with Gasteiger partial charge in [0.05, 0.1) is 6.10 Å². The summed E-state index contributed by atoms with van der Waals surface area (Å²) in [4.78, 5) is 25.1. The third-order valence-electron chi connectivity index (χ3n) is 6.13. The number of rotatable bonds is 13. The molecule has 0 radical (unpaired) electrons. The van der Waals surface area contributed by atoms with Crippen molar-refractivity contribution in [2.24, 2.45) is 5.73 Å². The van der Waals surface area contributed by atoms with Gasteiger partial charge in [-0.25, -0.2) is 0 Å². The lowest BCUT2D eigenvalue weighted by molar-refractivity contribution is -0.118. The fraction of sp³-hybridized carbons (Fsp3) is 0.500. The zero-order valence-corrected chi connectivity index (χ0v) is 23.1. The molecule has 37 heavy (non-hydrogen) atoms. The molecular weight excluding hydrogens is 460 g/mol. The minimum atomic E-state index is -0.280. The minimum absolute atomic E-state index is 0.125. The summed E-state index contributed by atoms with van der Waals surface area (Å²) in [6.45, 7) is 10.0. The second-order valence-electron chi connectivity index (χ2n) is 9.78. The standard InChI is InChI=1S/C16H23NO3.C14H21N.C2H2/c1-12(2)20-14-10-8-13(9-11-14)15(18)6-4-3-5-7-16(17)19;1-13-6-8-14(9-7-13)5-4-12-15-10-2-3-11-15;1-2/h8-12H,3-7H2,1-2H3,(H2,17,19);6-9H,2-5,10-12H2,1H3;1-2H. The molecule has 2 aromatic rings. The van der Waals surface area contributed by atoms with E-state index >= 15 is 0 Å². The van der Waals surface area contributed by atoms with Gasteiger partial charge < -0.3 is 15.4 Å². The third kappa shape index (κ3) is 14.9. The number of ketones is 1. The molecule has 0 bridgehead atoms. The molecule has 5 nitrogen and oxygen atoms in total. The number of terminal acetylenes is 1. The van der Waals surface area contributed by atoms with Crippen LogP contribution in [0.25, 0.3) is 0 Å². The Kier molecular flexibility index (Phi) is 16.5. The van der Waals surface area contributed by atoms with Gasteiger partial charge in [0.25, 0.3) is 0 Å². The Balaban J connectivity index is 0.000000357. The van der Waals surface area contributed by atoms with Crippen molar-refractivity contribution in [2.75, 3.05) is 19.6 Å². The highest BCUT2D eigenvalue weighted by Gasteiger charge is 2.10. The molecule has 1 fully saturated rings. The monoisotopic (exact) mass is 506 g/mol. The number of amides is 1. The predicted octanol–water partition coefficient (Wildman–Crippen LogP) is 6.37. The van der Waals surface area contributed by atoms with Crippen molar-refractivity contribution >= 4 is 11.7 Å². The first-order valence-corrected chi connectivity index (χ1v) is 13.5. The predicted molar refractivity (Wildman–Crippen MR) is 154 cm³/mol. The number of benzene rings is 2. The number of likely N-dealkylation sites (tertiary alicyclic amines) is 1. The molecule has 0 saturated carbocycles. The van der Waals surface area contributed by atoms with Crippen LogP contribution in [0.1, 0.15) is 86.7 Å². The Labute approximate surface area is 224 Å². The molecule has 0 atom stereocenters. The van der Waals surface area contributed by atoms with Crippen molar-refractivity contribution < 1.29 is 14.3 Å². The Hall–Kier alpha value is -3.10. The van der Waals surface area contributed by atoms with Gasteiger partial charge in [0, 0.05) is 18.4 Å².